The summed E-state index contributed by atoms with van der Waals surface area (Å²) in [6, 6.07) is 9.50. The minimum Gasteiger partial charge on any atom is -0.367 e. The minimum atomic E-state index is -1.09. The second-order valence-corrected chi connectivity index (χ2v) is 5.41. The van der Waals surface area contributed by atoms with Crippen LogP contribution in [-0.2, 0) is 14.3 Å². The third kappa shape index (κ3) is 3.06. The smallest absolute Gasteiger partial charge is 0.150 e. The first-order chi connectivity index (χ1) is 10.1. The van der Waals surface area contributed by atoms with Crippen molar-refractivity contribution >= 4 is 11.6 Å². The molecule has 110 valence electrons. The van der Waals surface area contributed by atoms with Crippen LogP contribution in [-0.4, -0.2) is 24.8 Å². The molecule has 1 fully saturated rings. The summed E-state index contributed by atoms with van der Waals surface area (Å²) in [5.74, 6) is 5.84. The van der Waals surface area contributed by atoms with Crippen LogP contribution >= 0.6 is 0 Å². The Kier molecular flexibility index (Phi) is 4.93. The zero-order chi connectivity index (χ0) is 15.3. The van der Waals surface area contributed by atoms with E-state index in [-0.39, 0.29) is 11.6 Å². The summed E-state index contributed by atoms with van der Waals surface area (Å²) < 4.78 is 5.43. The van der Waals surface area contributed by atoms with E-state index in [9.17, 15) is 9.59 Å². The Morgan fingerprint density at radius 3 is 2.57 bits per heavy atom. The van der Waals surface area contributed by atoms with Gasteiger partial charge in [-0.25, -0.2) is 0 Å². The maximum Gasteiger partial charge on any atom is 0.150 e. The fraction of sp³-hybridized carbons (Fsp3) is 0.444. The molecule has 2 atom stereocenters. The molecule has 21 heavy (non-hydrogen) atoms. The molecular formula is C18H20O3. The molecule has 1 aliphatic carbocycles. The molecule has 0 N–H and O–H groups in total. The summed E-state index contributed by atoms with van der Waals surface area (Å²) in [5.41, 5.74) is -0.240. The van der Waals surface area contributed by atoms with Crippen molar-refractivity contribution in [1.29, 1.82) is 0 Å². The summed E-state index contributed by atoms with van der Waals surface area (Å²) in [4.78, 5) is 24.6. The molecule has 0 spiro atoms. The van der Waals surface area contributed by atoms with Crippen molar-refractivity contribution in [2.45, 2.75) is 38.7 Å². The Hall–Kier alpha value is -1.92. The Balaban J connectivity index is 2.36. The number of methoxy groups -OCH3 is 1. The molecule has 0 bridgehead atoms. The number of ketones is 2. The lowest BCUT2D eigenvalue weighted by Gasteiger charge is -2.36. The predicted octanol–water partition coefficient (Wildman–Crippen LogP) is 2.77. The van der Waals surface area contributed by atoms with Crippen LogP contribution in [0, 0.1) is 17.3 Å². The van der Waals surface area contributed by atoms with Gasteiger partial charge in [0.25, 0.3) is 0 Å². The van der Waals surface area contributed by atoms with Gasteiger partial charge in [-0.1, -0.05) is 36.5 Å². The molecule has 0 saturated heterocycles. The zero-order valence-electron chi connectivity index (χ0n) is 12.5. The number of carbonyl (C=O) groups excluding carboxylic acids is 2. The van der Waals surface area contributed by atoms with E-state index in [4.69, 9.17) is 4.74 Å². The lowest BCUT2D eigenvalue weighted by atomic mass is 9.67. The standard InChI is InChI=1S/C18H20O3/c1-14(19)18(13-7-6-10-16(18)20)17(21-2)12-11-15-8-4-3-5-9-15/h3-5,8-9,17H,6-7,10,13H2,1-2H3. The van der Waals surface area contributed by atoms with E-state index in [1.807, 2.05) is 30.3 Å². The molecule has 0 aliphatic heterocycles. The Labute approximate surface area is 125 Å². The summed E-state index contributed by atoms with van der Waals surface area (Å²) in [7, 11) is 1.51. The van der Waals surface area contributed by atoms with E-state index in [0.29, 0.717) is 12.8 Å². The summed E-state index contributed by atoms with van der Waals surface area (Å²) in [5, 5.41) is 0. The molecule has 2 unspecified atom stereocenters. The van der Waals surface area contributed by atoms with Crippen molar-refractivity contribution in [3.63, 3.8) is 0 Å². The van der Waals surface area contributed by atoms with Gasteiger partial charge in [0.05, 0.1) is 0 Å². The van der Waals surface area contributed by atoms with Gasteiger partial charge in [0.2, 0.25) is 0 Å². The summed E-state index contributed by atoms with van der Waals surface area (Å²) in [6.07, 6.45) is 1.99. The lowest BCUT2D eigenvalue weighted by molar-refractivity contribution is -0.149. The normalized spacial score (nSPS) is 23.0. The maximum absolute atomic E-state index is 12.4. The molecule has 0 radical (unpaired) electrons. The molecule has 3 heteroatoms. The first-order valence-electron chi connectivity index (χ1n) is 7.25. The molecule has 0 aromatic heterocycles. The highest BCUT2D eigenvalue weighted by Gasteiger charge is 2.50. The SMILES string of the molecule is COC(C#Cc1ccccc1)C1(C(C)=O)CCCCC1=O. The van der Waals surface area contributed by atoms with E-state index >= 15 is 0 Å². The quantitative estimate of drug-likeness (QED) is 0.633. The number of benzene rings is 1. The van der Waals surface area contributed by atoms with Crippen molar-refractivity contribution < 1.29 is 14.3 Å². The van der Waals surface area contributed by atoms with Crippen LogP contribution in [0.5, 0.6) is 0 Å². The van der Waals surface area contributed by atoms with Crippen LogP contribution < -0.4 is 0 Å². The van der Waals surface area contributed by atoms with Gasteiger partial charge >= 0.3 is 0 Å². The van der Waals surface area contributed by atoms with Crippen LogP contribution in [0.3, 0.4) is 0 Å². The molecular weight excluding hydrogens is 264 g/mol. The fourth-order valence-electron chi connectivity index (χ4n) is 2.94. The van der Waals surface area contributed by atoms with E-state index < -0.39 is 11.5 Å². The second-order valence-electron chi connectivity index (χ2n) is 5.41. The molecule has 2 rings (SSSR count). The van der Waals surface area contributed by atoms with Gasteiger partial charge in [0, 0.05) is 19.1 Å². The van der Waals surface area contributed by atoms with Crippen LogP contribution in [0.25, 0.3) is 0 Å². The van der Waals surface area contributed by atoms with E-state index in [1.54, 1.807) is 0 Å². The van der Waals surface area contributed by atoms with Gasteiger partial charge in [-0.2, -0.15) is 0 Å². The van der Waals surface area contributed by atoms with Gasteiger partial charge < -0.3 is 4.74 Å². The number of rotatable bonds is 3. The average molecular weight is 284 g/mol. The van der Waals surface area contributed by atoms with Crippen LogP contribution in [0.4, 0.5) is 0 Å². The monoisotopic (exact) mass is 284 g/mol. The first-order valence-corrected chi connectivity index (χ1v) is 7.25. The summed E-state index contributed by atoms with van der Waals surface area (Å²) >= 11 is 0. The molecule has 1 saturated carbocycles. The van der Waals surface area contributed by atoms with Crippen molar-refractivity contribution in [3.8, 4) is 11.8 Å². The summed E-state index contributed by atoms with van der Waals surface area (Å²) in [6.45, 7) is 1.47. The van der Waals surface area contributed by atoms with Gasteiger partial charge in [0.1, 0.15) is 23.1 Å². The Morgan fingerprint density at radius 1 is 1.29 bits per heavy atom. The van der Waals surface area contributed by atoms with Crippen molar-refractivity contribution in [2.24, 2.45) is 5.41 Å². The second kappa shape index (κ2) is 6.69. The van der Waals surface area contributed by atoms with Crippen LogP contribution in [0.2, 0.25) is 0 Å². The highest BCUT2D eigenvalue weighted by molar-refractivity contribution is 6.07. The number of ether oxygens (including phenoxy) is 1. The fourth-order valence-corrected chi connectivity index (χ4v) is 2.94. The predicted molar refractivity (Wildman–Crippen MR) is 80.7 cm³/mol. The Morgan fingerprint density at radius 2 is 2.00 bits per heavy atom. The first kappa shape index (κ1) is 15.5. The van der Waals surface area contributed by atoms with E-state index in [1.165, 1.54) is 14.0 Å². The minimum absolute atomic E-state index is 0.0320. The molecule has 1 aromatic carbocycles. The molecule has 1 aliphatic rings. The highest BCUT2D eigenvalue weighted by Crippen LogP contribution is 2.38. The van der Waals surface area contributed by atoms with E-state index in [2.05, 4.69) is 11.8 Å². The maximum atomic E-state index is 12.4. The lowest BCUT2D eigenvalue weighted by Crippen LogP contribution is -2.50. The Bertz CT molecular complexity index is 579. The van der Waals surface area contributed by atoms with Crippen LogP contribution in [0.1, 0.15) is 38.2 Å². The highest BCUT2D eigenvalue weighted by atomic mass is 16.5. The topological polar surface area (TPSA) is 43.4 Å². The number of Topliss-reactive ketones (excluding diaryl/α,β-unsaturated/α-hetero) is 2. The van der Waals surface area contributed by atoms with Crippen molar-refractivity contribution in [2.75, 3.05) is 7.11 Å². The molecule has 3 nitrogen and oxygen atoms in total. The van der Waals surface area contributed by atoms with Crippen molar-refractivity contribution in [3.05, 3.63) is 35.9 Å². The van der Waals surface area contributed by atoms with Crippen LogP contribution in [0.15, 0.2) is 30.3 Å². The number of hydrogen-bond acceptors (Lipinski definition) is 3. The molecule has 0 heterocycles. The third-order valence-electron chi connectivity index (χ3n) is 4.16. The molecule has 1 aromatic rings. The largest absolute Gasteiger partial charge is 0.367 e. The third-order valence-corrected chi connectivity index (χ3v) is 4.16. The van der Waals surface area contributed by atoms with Gasteiger partial charge in [-0.15, -0.1) is 0 Å². The van der Waals surface area contributed by atoms with E-state index in [0.717, 1.165) is 18.4 Å². The van der Waals surface area contributed by atoms with Gasteiger partial charge in [-0.3, -0.25) is 9.59 Å². The number of hydrogen-bond donors (Lipinski definition) is 0. The zero-order valence-corrected chi connectivity index (χ0v) is 12.5. The number of carbonyl (C=O) groups is 2. The molecule has 0 amide bonds. The average Bonchev–Trinajstić information content (AvgIpc) is 2.50. The van der Waals surface area contributed by atoms with Crippen molar-refractivity contribution in [1.82, 2.24) is 0 Å². The van der Waals surface area contributed by atoms with Gasteiger partial charge in [-0.05, 0) is 31.9 Å². The van der Waals surface area contributed by atoms with Gasteiger partial charge in [0.15, 0.2) is 0 Å².